The van der Waals surface area contributed by atoms with Gasteiger partial charge in [-0.25, -0.2) is 0 Å². The quantitative estimate of drug-likeness (QED) is 0.791. The second kappa shape index (κ2) is 5.37. The molecule has 2 aromatic rings. The van der Waals surface area contributed by atoms with E-state index in [2.05, 4.69) is 11.4 Å². The van der Waals surface area contributed by atoms with Crippen LogP contribution in [0, 0.1) is 0 Å². The first-order valence-electron chi connectivity index (χ1n) is 5.55. The summed E-state index contributed by atoms with van der Waals surface area (Å²) in [6.07, 6.45) is 0. The molecule has 0 amide bonds. The zero-order valence-corrected chi connectivity index (χ0v) is 9.81. The molecule has 0 heterocycles. The van der Waals surface area contributed by atoms with Gasteiger partial charge in [0.15, 0.2) is 0 Å². The van der Waals surface area contributed by atoms with Gasteiger partial charge in [-0.05, 0) is 49.0 Å². The number of hydrogen-bond acceptors (Lipinski definition) is 3. The summed E-state index contributed by atoms with van der Waals surface area (Å²) in [6, 6.07) is 15.4. The van der Waals surface area contributed by atoms with Crippen LogP contribution in [-0.2, 0) is 6.54 Å². The molecule has 0 radical (unpaired) electrons. The highest BCUT2D eigenvalue weighted by molar-refractivity contribution is 5.43. The number of nitrogens with one attached hydrogen (secondary N) is 1. The summed E-state index contributed by atoms with van der Waals surface area (Å²) in [4.78, 5) is 0. The molecule has 0 bridgehead atoms. The zero-order valence-electron chi connectivity index (χ0n) is 9.81. The number of nitrogens with two attached hydrogens (primary N) is 1. The summed E-state index contributed by atoms with van der Waals surface area (Å²) in [5.74, 6) is 1.63. The maximum absolute atomic E-state index is 5.74. The second-order valence-electron chi connectivity index (χ2n) is 3.85. The normalized spacial score (nSPS) is 10.2. The second-order valence-corrected chi connectivity index (χ2v) is 3.85. The Labute approximate surface area is 101 Å². The van der Waals surface area contributed by atoms with E-state index in [4.69, 9.17) is 10.5 Å². The number of rotatable bonds is 4. The molecule has 0 aliphatic carbocycles. The molecule has 88 valence electrons. The Bertz CT molecular complexity index is 480. The van der Waals surface area contributed by atoms with Crippen molar-refractivity contribution in [2.45, 2.75) is 6.54 Å². The molecule has 0 aliphatic heterocycles. The molecule has 17 heavy (non-hydrogen) atoms. The van der Waals surface area contributed by atoms with Crippen molar-refractivity contribution in [2.75, 3.05) is 12.8 Å². The van der Waals surface area contributed by atoms with Crippen molar-refractivity contribution in [3.8, 4) is 11.5 Å². The van der Waals surface area contributed by atoms with E-state index in [1.807, 2.05) is 49.5 Å². The van der Waals surface area contributed by atoms with Crippen molar-refractivity contribution in [2.24, 2.45) is 0 Å². The van der Waals surface area contributed by atoms with E-state index in [-0.39, 0.29) is 0 Å². The predicted molar refractivity (Wildman–Crippen MR) is 70.1 cm³/mol. The van der Waals surface area contributed by atoms with E-state index in [1.165, 1.54) is 5.56 Å². The molecule has 0 spiro atoms. The fourth-order valence-electron chi connectivity index (χ4n) is 1.60. The summed E-state index contributed by atoms with van der Waals surface area (Å²) >= 11 is 0. The summed E-state index contributed by atoms with van der Waals surface area (Å²) in [5.41, 5.74) is 7.55. The number of benzene rings is 2. The number of ether oxygens (including phenoxy) is 1. The minimum atomic E-state index is 0.737. The van der Waals surface area contributed by atoms with Crippen LogP contribution in [0.15, 0.2) is 48.5 Å². The Hall–Kier alpha value is -2.00. The molecule has 0 fully saturated rings. The van der Waals surface area contributed by atoms with Crippen LogP contribution in [0.3, 0.4) is 0 Å². The monoisotopic (exact) mass is 228 g/mol. The van der Waals surface area contributed by atoms with Gasteiger partial charge in [-0.3, -0.25) is 0 Å². The Morgan fingerprint density at radius 1 is 1.06 bits per heavy atom. The van der Waals surface area contributed by atoms with Crippen molar-refractivity contribution in [1.29, 1.82) is 0 Å². The molecule has 2 rings (SSSR count). The van der Waals surface area contributed by atoms with Crippen molar-refractivity contribution >= 4 is 5.69 Å². The average molecular weight is 228 g/mol. The summed E-state index contributed by atoms with van der Waals surface area (Å²) in [6.45, 7) is 0.832. The highest BCUT2D eigenvalue weighted by atomic mass is 16.5. The number of nitrogen functional groups attached to an aromatic ring is 1. The highest BCUT2D eigenvalue weighted by Gasteiger charge is 1.98. The Balaban J connectivity index is 2.12. The molecule has 0 aliphatic rings. The molecule has 0 saturated heterocycles. The minimum Gasteiger partial charge on any atom is -0.457 e. The Morgan fingerprint density at radius 2 is 1.82 bits per heavy atom. The van der Waals surface area contributed by atoms with E-state index in [9.17, 15) is 0 Å². The lowest BCUT2D eigenvalue weighted by Crippen LogP contribution is -2.04. The predicted octanol–water partition coefficient (Wildman–Crippen LogP) is 2.78. The van der Waals surface area contributed by atoms with Crippen LogP contribution in [0.1, 0.15) is 5.56 Å². The average Bonchev–Trinajstić information content (AvgIpc) is 2.33. The van der Waals surface area contributed by atoms with Crippen molar-refractivity contribution in [3.63, 3.8) is 0 Å². The summed E-state index contributed by atoms with van der Waals surface area (Å²) < 4.78 is 5.74. The smallest absolute Gasteiger partial charge is 0.127 e. The molecular formula is C14H16N2O. The lowest BCUT2D eigenvalue weighted by molar-refractivity contribution is 0.482. The van der Waals surface area contributed by atoms with E-state index in [1.54, 1.807) is 0 Å². The SMILES string of the molecule is CNCc1cccc(Oc2ccc(N)cc2)c1. The lowest BCUT2D eigenvalue weighted by Gasteiger charge is -2.07. The van der Waals surface area contributed by atoms with Gasteiger partial charge in [-0.1, -0.05) is 12.1 Å². The van der Waals surface area contributed by atoms with Gasteiger partial charge in [0.05, 0.1) is 0 Å². The molecule has 3 N–H and O–H groups in total. The van der Waals surface area contributed by atoms with Gasteiger partial charge in [0.2, 0.25) is 0 Å². The first kappa shape index (κ1) is 11.5. The van der Waals surface area contributed by atoms with Gasteiger partial charge in [0.1, 0.15) is 11.5 Å². The van der Waals surface area contributed by atoms with Crippen molar-refractivity contribution < 1.29 is 4.74 Å². The van der Waals surface area contributed by atoms with Gasteiger partial charge >= 0.3 is 0 Å². The van der Waals surface area contributed by atoms with Gasteiger partial charge < -0.3 is 15.8 Å². The van der Waals surface area contributed by atoms with Crippen molar-refractivity contribution in [3.05, 3.63) is 54.1 Å². The van der Waals surface area contributed by atoms with Crippen LogP contribution in [-0.4, -0.2) is 7.05 Å². The topological polar surface area (TPSA) is 47.3 Å². The Morgan fingerprint density at radius 3 is 2.53 bits per heavy atom. The third-order valence-electron chi connectivity index (χ3n) is 2.40. The minimum absolute atomic E-state index is 0.737. The maximum Gasteiger partial charge on any atom is 0.127 e. The molecule has 2 aromatic carbocycles. The first-order valence-corrected chi connectivity index (χ1v) is 5.55. The number of anilines is 1. The standard InChI is InChI=1S/C14H16N2O/c1-16-10-11-3-2-4-14(9-11)17-13-7-5-12(15)6-8-13/h2-9,16H,10,15H2,1H3. The molecule has 3 nitrogen and oxygen atoms in total. The molecule has 0 saturated carbocycles. The van der Waals surface area contributed by atoms with Crippen LogP contribution in [0.2, 0.25) is 0 Å². The van der Waals surface area contributed by atoms with Gasteiger partial charge in [0.25, 0.3) is 0 Å². The highest BCUT2D eigenvalue weighted by Crippen LogP contribution is 2.22. The van der Waals surface area contributed by atoms with Gasteiger partial charge in [-0.15, -0.1) is 0 Å². The molecule has 3 heteroatoms. The van der Waals surface area contributed by atoms with E-state index >= 15 is 0 Å². The fraction of sp³-hybridized carbons (Fsp3) is 0.143. The van der Waals surface area contributed by atoms with Crippen LogP contribution in [0.4, 0.5) is 5.69 Å². The van der Waals surface area contributed by atoms with Gasteiger partial charge in [0, 0.05) is 12.2 Å². The molecule has 0 unspecified atom stereocenters. The first-order chi connectivity index (χ1) is 8.28. The van der Waals surface area contributed by atoms with E-state index < -0.39 is 0 Å². The van der Waals surface area contributed by atoms with Crippen molar-refractivity contribution in [1.82, 2.24) is 5.32 Å². The van der Waals surface area contributed by atoms with Crippen LogP contribution >= 0.6 is 0 Å². The summed E-state index contributed by atoms with van der Waals surface area (Å²) in [5, 5.41) is 3.11. The molecule has 0 aromatic heterocycles. The van der Waals surface area contributed by atoms with Crippen LogP contribution in [0.25, 0.3) is 0 Å². The summed E-state index contributed by atoms with van der Waals surface area (Å²) in [7, 11) is 1.92. The number of hydrogen-bond donors (Lipinski definition) is 2. The van der Waals surface area contributed by atoms with Crippen LogP contribution in [0.5, 0.6) is 11.5 Å². The molecule has 0 atom stereocenters. The third-order valence-corrected chi connectivity index (χ3v) is 2.40. The fourth-order valence-corrected chi connectivity index (χ4v) is 1.60. The van der Waals surface area contributed by atoms with E-state index in [0.717, 1.165) is 23.7 Å². The van der Waals surface area contributed by atoms with E-state index in [0.29, 0.717) is 0 Å². The Kier molecular flexibility index (Phi) is 3.62. The zero-order chi connectivity index (χ0) is 12.1. The maximum atomic E-state index is 5.74. The third kappa shape index (κ3) is 3.23. The molecular weight excluding hydrogens is 212 g/mol. The lowest BCUT2D eigenvalue weighted by atomic mass is 10.2. The van der Waals surface area contributed by atoms with Crippen LogP contribution < -0.4 is 15.8 Å². The van der Waals surface area contributed by atoms with Gasteiger partial charge in [-0.2, -0.15) is 0 Å². The largest absolute Gasteiger partial charge is 0.457 e.